The van der Waals surface area contributed by atoms with E-state index in [0.29, 0.717) is 5.02 Å². The lowest BCUT2D eigenvalue weighted by Crippen LogP contribution is -3.21. The molecule has 1 saturated heterocycles. The molecule has 1 aliphatic heterocycles. The largest absolute Gasteiger partial charge is 0.337 e. The quantitative estimate of drug-likeness (QED) is 0.580. The Balaban J connectivity index is 1.60. The van der Waals surface area contributed by atoms with Crippen molar-refractivity contribution >= 4 is 32.4 Å². The van der Waals surface area contributed by atoms with Gasteiger partial charge >= 0.3 is 0 Å². The highest BCUT2D eigenvalue weighted by molar-refractivity contribution is 7.89. The van der Waals surface area contributed by atoms with E-state index in [0.717, 1.165) is 31.7 Å². The predicted octanol–water partition coefficient (Wildman–Crippen LogP) is 1.03. The first-order chi connectivity index (χ1) is 14.0. The zero-order valence-electron chi connectivity index (χ0n) is 15.9. The Kier molecular flexibility index (Phi) is 4.84. The van der Waals surface area contributed by atoms with Gasteiger partial charge in [0.1, 0.15) is 38.3 Å². The summed E-state index contributed by atoms with van der Waals surface area (Å²) in [6.07, 6.45) is 0. The summed E-state index contributed by atoms with van der Waals surface area (Å²) < 4.78 is 29.5. The molecule has 0 aromatic heterocycles. The zero-order valence-corrected chi connectivity index (χ0v) is 17.5. The number of nitrogens with one attached hydrogen (secondary N) is 2. The second kappa shape index (κ2) is 7.38. The Hall–Kier alpha value is -1.96. The van der Waals surface area contributed by atoms with Crippen molar-refractivity contribution in [3.05, 3.63) is 76.8 Å². The van der Waals surface area contributed by atoms with Crippen molar-refractivity contribution in [1.82, 2.24) is 4.72 Å². The van der Waals surface area contributed by atoms with E-state index < -0.39 is 10.0 Å². The number of piperazine rings is 1. The molecule has 0 amide bonds. The number of quaternary nitrogens is 2. The van der Waals surface area contributed by atoms with Gasteiger partial charge in [-0.05, 0) is 40.6 Å². The summed E-state index contributed by atoms with van der Waals surface area (Å²) >= 11 is 5.95. The zero-order chi connectivity index (χ0) is 20.0. The monoisotopic (exact) mass is 429 g/mol. The van der Waals surface area contributed by atoms with Gasteiger partial charge in [-0.25, -0.2) is 8.42 Å². The van der Waals surface area contributed by atoms with Crippen molar-refractivity contribution in [3.8, 4) is 0 Å². The van der Waals surface area contributed by atoms with Crippen LogP contribution in [-0.2, 0) is 10.0 Å². The molecule has 150 valence electrons. The van der Waals surface area contributed by atoms with Crippen LogP contribution in [0, 0.1) is 0 Å². The van der Waals surface area contributed by atoms with Crippen molar-refractivity contribution in [2.24, 2.45) is 0 Å². The second-order valence-corrected chi connectivity index (χ2v) is 10.00. The van der Waals surface area contributed by atoms with Crippen LogP contribution in [0.3, 0.4) is 0 Å². The van der Waals surface area contributed by atoms with Crippen LogP contribution < -0.4 is 14.9 Å². The molecule has 5 nitrogen and oxygen atoms in total. The van der Waals surface area contributed by atoms with E-state index in [1.807, 2.05) is 6.07 Å². The summed E-state index contributed by atoms with van der Waals surface area (Å²) in [7, 11) is -3.68. The van der Waals surface area contributed by atoms with Crippen LogP contribution in [0.4, 0.5) is 0 Å². The van der Waals surface area contributed by atoms with Crippen LogP contribution in [-0.4, -0.2) is 34.6 Å². The van der Waals surface area contributed by atoms with Gasteiger partial charge in [-0.1, -0.05) is 48.0 Å². The summed E-state index contributed by atoms with van der Waals surface area (Å²) in [6, 6.07) is 18.7. The first kappa shape index (κ1) is 19.0. The standard InChI is InChI=1S/C22H22ClN3O2S/c23-16-7-9-17(10-8-16)29(27,28)25-21-18-5-1-3-15-4-2-6-19(20(15)18)22(21)26-13-11-24-12-14-26/h1-10,21-22,24-25H,11-14H2/p+2/t21-,22+/m1/s1. The molecule has 5 rings (SSSR count). The Labute approximate surface area is 175 Å². The van der Waals surface area contributed by atoms with E-state index in [4.69, 9.17) is 11.6 Å². The highest BCUT2D eigenvalue weighted by Crippen LogP contribution is 2.43. The molecular formula is C22H24ClN3O2S+2. The molecule has 0 spiro atoms. The normalized spacial score (nSPS) is 22.2. The first-order valence-corrected chi connectivity index (χ1v) is 11.9. The number of nitrogens with two attached hydrogens (primary N) is 1. The van der Waals surface area contributed by atoms with Gasteiger partial charge in [0.05, 0.1) is 4.90 Å². The van der Waals surface area contributed by atoms with Crippen LogP contribution in [0.25, 0.3) is 10.8 Å². The van der Waals surface area contributed by atoms with E-state index in [9.17, 15) is 8.42 Å². The highest BCUT2D eigenvalue weighted by atomic mass is 35.5. The minimum absolute atomic E-state index is 0.0758. The summed E-state index contributed by atoms with van der Waals surface area (Å²) in [5, 5.41) is 5.22. The summed E-state index contributed by atoms with van der Waals surface area (Å²) in [5.74, 6) is 0. The Bertz CT molecular complexity index is 1150. The number of sulfonamides is 1. The molecule has 0 radical (unpaired) electrons. The molecule has 4 N–H and O–H groups in total. The van der Waals surface area contributed by atoms with Crippen molar-refractivity contribution in [2.75, 3.05) is 26.2 Å². The molecule has 7 heteroatoms. The number of rotatable bonds is 4. The second-order valence-electron chi connectivity index (χ2n) is 7.85. The van der Waals surface area contributed by atoms with Crippen LogP contribution in [0.2, 0.25) is 5.02 Å². The average Bonchev–Trinajstić information content (AvgIpc) is 3.04. The Morgan fingerprint density at radius 3 is 2.28 bits per heavy atom. The molecule has 29 heavy (non-hydrogen) atoms. The van der Waals surface area contributed by atoms with Gasteiger partial charge in [-0.2, -0.15) is 4.72 Å². The van der Waals surface area contributed by atoms with E-state index in [2.05, 4.69) is 40.4 Å². The summed E-state index contributed by atoms with van der Waals surface area (Å²) in [4.78, 5) is 1.69. The molecule has 1 fully saturated rings. The number of hydrogen-bond donors (Lipinski definition) is 3. The molecule has 0 saturated carbocycles. The lowest BCUT2D eigenvalue weighted by atomic mass is 10.0. The molecule has 2 atom stereocenters. The third kappa shape index (κ3) is 3.35. The van der Waals surface area contributed by atoms with Gasteiger partial charge in [-0.15, -0.1) is 0 Å². The van der Waals surface area contributed by atoms with Crippen molar-refractivity contribution in [1.29, 1.82) is 0 Å². The third-order valence-electron chi connectivity index (χ3n) is 6.16. The van der Waals surface area contributed by atoms with Crippen molar-refractivity contribution in [2.45, 2.75) is 17.0 Å². The van der Waals surface area contributed by atoms with Gasteiger partial charge in [0.25, 0.3) is 0 Å². The maximum Gasteiger partial charge on any atom is 0.241 e. The van der Waals surface area contributed by atoms with Crippen LogP contribution in [0.5, 0.6) is 0 Å². The molecule has 1 heterocycles. The smallest absolute Gasteiger partial charge is 0.241 e. The van der Waals surface area contributed by atoms with Crippen LogP contribution in [0.15, 0.2) is 65.6 Å². The van der Waals surface area contributed by atoms with Crippen LogP contribution >= 0.6 is 11.6 Å². The summed E-state index contributed by atoms with van der Waals surface area (Å²) in [6.45, 7) is 4.17. The Morgan fingerprint density at radius 2 is 1.59 bits per heavy atom. The SMILES string of the molecule is O=S(=O)(N[C@@H]1c2cccc3cccc(c23)[C@@H]1[NH+]1CC[NH2+]CC1)c1ccc(Cl)cc1. The molecule has 0 bridgehead atoms. The van der Waals surface area contributed by atoms with Crippen molar-refractivity contribution in [3.63, 3.8) is 0 Å². The summed E-state index contributed by atoms with van der Waals surface area (Å²) in [5.41, 5.74) is 2.32. The van der Waals surface area contributed by atoms with Gasteiger partial charge in [0.15, 0.2) is 0 Å². The maximum absolute atomic E-state index is 13.2. The molecule has 1 aliphatic carbocycles. The molecule has 3 aromatic rings. The predicted molar refractivity (Wildman–Crippen MR) is 114 cm³/mol. The van der Waals surface area contributed by atoms with E-state index >= 15 is 0 Å². The number of hydrogen-bond acceptors (Lipinski definition) is 2. The highest BCUT2D eigenvalue weighted by Gasteiger charge is 2.44. The minimum Gasteiger partial charge on any atom is -0.337 e. The van der Waals surface area contributed by atoms with E-state index in [-0.39, 0.29) is 17.0 Å². The fourth-order valence-corrected chi connectivity index (χ4v) is 6.22. The van der Waals surface area contributed by atoms with Crippen LogP contribution in [0.1, 0.15) is 23.2 Å². The van der Waals surface area contributed by atoms with Gasteiger partial charge in [-0.3, -0.25) is 0 Å². The van der Waals surface area contributed by atoms with Gasteiger partial charge < -0.3 is 10.2 Å². The van der Waals surface area contributed by atoms with Gasteiger partial charge in [0.2, 0.25) is 10.0 Å². The fourth-order valence-electron chi connectivity index (χ4n) is 4.87. The van der Waals surface area contributed by atoms with Crippen molar-refractivity contribution < 1.29 is 18.6 Å². The number of halogens is 1. The topological polar surface area (TPSA) is 67.2 Å². The third-order valence-corrected chi connectivity index (χ3v) is 7.87. The Morgan fingerprint density at radius 1 is 0.931 bits per heavy atom. The molecule has 2 aliphatic rings. The first-order valence-electron chi connectivity index (χ1n) is 10.0. The maximum atomic E-state index is 13.2. The average molecular weight is 430 g/mol. The molecule has 3 aromatic carbocycles. The number of benzene rings is 3. The van der Waals surface area contributed by atoms with E-state index in [1.165, 1.54) is 21.2 Å². The molecular weight excluding hydrogens is 406 g/mol. The fraction of sp³-hybridized carbons (Fsp3) is 0.273. The lowest BCUT2D eigenvalue weighted by Gasteiger charge is -2.32. The van der Waals surface area contributed by atoms with Gasteiger partial charge in [0, 0.05) is 10.6 Å². The minimum atomic E-state index is -3.68. The molecule has 0 unspecified atom stereocenters. The van der Waals surface area contributed by atoms with E-state index in [1.54, 1.807) is 24.3 Å². The lowest BCUT2D eigenvalue weighted by molar-refractivity contribution is -0.973.